The van der Waals surface area contributed by atoms with Crippen LogP contribution in [0.25, 0.3) is 0 Å². The topological polar surface area (TPSA) is 90.4 Å². The molecule has 3 saturated heterocycles. The quantitative estimate of drug-likeness (QED) is 0.199. The maximum Gasteiger partial charge on any atom is 0.249 e. The van der Waals surface area contributed by atoms with Crippen LogP contribution in [0.5, 0.6) is 0 Å². The first-order valence-electron chi connectivity index (χ1n) is 14.7. The lowest BCUT2D eigenvalue weighted by Crippen LogP contribution is -2.60. The van der Waals surface area contributed by atoms with Gasteiger partial charge in [0.05, 0.1) is 17.9 Å². The second-order valence-corrected chi connectivity index (χ2v) is 13.5. The van der Waals surface area contributed by atoms with Crippen LogP contribution in [-0.2, 0) is 19.1 Å². The molecule has 0 aliphatic carbocycles. The molecule has 0 aromatic heterocycles. The number of ether oxygens (including phenoxy) is 1. The largest absolute Gasteiger partial charge is 0.396 e. The van der Waals surface area contributed by atoms with E-state index in [1.54, 1.807) is 26.9 Å². The molecule has 8 nitrogen and oxygen atoms in total. The zero-order valence-electron chi connectivity index (χ0n) is 24.5. The molecule has 1 aromatic rings. The van der Waals surface area contributed by atoms with E-state index >= 15 is 0 Å². The summed E-state index contributed by atoms with van der Waals surface area (Å²) in [6.07, 6.45) is 6.38. The monoisotopic (exact) mass is 629 g/mol. The third-order valence-corrected chi connectivity index (χ3v) is 9.49. The number of benzene rings is 1. The molecule has 6 atom stereocenters. The van der Waals surface area contributed by atoms with Crippen LogP contribution in [0.4, 0.5) is 5.69 Å². The zero-order valence-corrected chi connectivity index (χ0v) is 26.1. The summed E-state index contributed by atoms with van der Waals surface area (Å²) in [5.41, 5.74) is -0.896. The Morgan fingerprint density at radius 3 is 2.37 bits per heavy atom. The third kappa shape index (κ3) is 5.77. The second-order valence-electron chi connectivity index (χ2n) is 12.3. The minimum atomic E-state index is -1.11. The van der Waals surface area contributed by atoms with E-state index in [1.807, 2.05) is 51.1 Å². The van der Waals surface area contributed by atoms with E-state index in [9.17, 15) is 19.5 Å². The highest BCUT2D eigenvalue weighted by Gasteiger charge is 2.77. The van der Waals surface area contributed by atoms with Crippen LogP contribution in [-0.4, -0.2) is 87.0 Å². The fourth-order valence-electron chi connectivity index (χ4n) is 6.89. The summed E-state index contributed by atoms with van der Waals surface area (Å²) in [7, 11) is 0. The van der Waals surface area contributed by atoms with Gasteiger partial charge in [0.25, 0.3) is 0 Å². The van der Waals surface area contributed by atoms with E-state index in [1.165, 1.54) is 0 Å². The highest BCUT2D eigenvalue weighted by molar-refractivity contribution is 9.09. The van der Waals surface area contributed by atoms with E-state index < -0.39 is 35.1 Å². The number of para-hydroxylation sites is 1. The summed E-state index contributed by atoms with van der Waals surface area (Å²) in [5.74, 6) is -2.06. The molecule has 9 heteroatoms. The van der Waals surface area contributed by atoms with Gasteiger partial charge in [-0.25, -0.2) is 0 Å². The molecule has 3 amide bonds. The van der Waals surface area contributed by atoms with Crippen molar-refractivity contribution in [1.82, 2.24) is 9.80 Å². The number of nitrogens with zero attached hydrogens (tertiary/aromatic N) is 3. The molecule has 4 rings (SSSR count). The van der Waals surface area contributed by atoms with Crippen molar-refractivity contribution in [3.63, 3.8) is 0 Å². The van der Waals surface area contributed by atoms with Crippen LogP contribution in [0.2, 0.25) is 0 Å². The first kappa shape index (κ1) is 31.4. The molecule has 3 fully saturated rings. The zero-order chi connectivity index (χ0) is 29.9. The minimum absolute atomic E-state index is 0.130. The first-order valence-corrected chi connectivity index (χ1v) is 15.6. The van der Waals surface area contributed by atoms with Crippen LogP contribution in [0.15, 0.2) is 55.6 Å². The highest BCUT2D eigenvalue weighted by Crippen LogP contribution is 2.60. The Kier molecular flexibility index (Phi) is 9.81. The fourth-order valence-corrected chi connectivity index (χ4v) is 7.83. The van der Waals surface area contributed by atoms with Gasteiger partial charge in [-0.1, -0.05) is 59.1 Å². The number of alkyl halides is 1. The van der Waals surface area contributed by atoms with Crippen LogP contribution in [0, 0.1) is 11.8 Å². The molecular formula is C32H44BrN3O5. The first-order chi connectivity index (χ1) is 19.5. The molecule has 3 aliphatic rings. The van der Waals surface area contributed by atoms with E-state index in [0.717, 1.165) is 18.5 Å². The van der Waals surface area contributed by atoms with Gasteiger partial charge in [-0.3, -0.25) is 14.4 Å². The number of carbonyl (C=O) groups excluding carboxylic acids is 3. The number of anilines is 1. The van der Waals surface area contributed by atoms with Gasteiger partial charge in [0.15, 0.2) is 0 Å². The standard InChI is InChI=1S/C32H44BrN3O5/c1-6-17-34(22-15-11-10-12-16-22)28(38)24-25-29(39)35(19-13-8-9-14-20-37)27(32(25)21-23(33)26(24)41-32)30(40)36(18-7-2)31(3,4)5/h6-7,10-12,15-16,23-27,37H,1-2,8-9,13-14,17-21H2,3-5H3/t23?,24-,25+,26-,27?,32?/m1/s1. The number of hydrogen-bond donors (Lipinski definition) is 1. The predicted octanol–water partition coefficient (Wildman–Crippen LogP) is 4.32. The van der Waals surface area contributed by atoms with Crippen LogP contribution >= 0.6 is 15.9 Å². The lowest BCUT2D eigenvalue weighted by atomic mass is 9.70. The number of hydrogen-bond acceptors (Lipinski definition) is 5. The number of halogens is 1. The van der Waals surface area contributed by atoms with Crippen molar-refractivity contribution in [2.75, 3.05) is 31.1 Å². The van der Waals surface area contributed by atoms with Gasteiger partial charge in [-0.05, 0) is 52.2 Å². The molecule has 41 heavy (non-hydrogen) atoms. The average molecular weight is 631 g/mol. The summed E-state index contributed by atoms with van der Waals surface area (Å²) in [4.78, 5) is 48.1. The van der Waals surface area contributed by atoms with Gasteiger partial charge in [0, 0.05) is 42.3 Å². The number of likely N-dealkylation sites (tertiary alicyclic amines) is 1. The number of amides is 3. The van der Waals surface area contributed by atoms with Crippen molar-refractivity contribution < 1.29 is 24.2 Å². The predicted molar refractivity (Wildman–Crippen MR) is 164 cm³/mol. The highest BCUT2D eigenvalue weighted by atomic mass is 79.9. The van der Waals surface area contributed by atoms with Gasteiger partial charge >= 0.3 is 0 Å². The smallest absolute Gasteiger partial charge is 0.249 e. The summed E-state index contributed by atoms with van der Waals surface area (Å²) in [6, 6.07) is 8.54. The Balaban J connectivity index is 1.75. The van der Waals surface area contributed by atoms with E-state index in [-0.39, 0.29) is 29.2 Å². The van der Waals surface area contributed by atoms with Crippen molar-refractivity contribution in [2.45, 2.75) is 81.0 Å². The van der Waals surface area contributed by atoms with Crippen molar-refractivity contribution in [3.8, 4) is 0 Å². The van der Waals surface area contributed by atoms with Gasteiger partial charge in [-0.2, -0.15) is 0 Å². The number of unbranched alkanes of at least 4 members (excludes halogenated alkanes) is 3. The molecule has 0 saturated carbocycles. The van der Waals surface area contributed by atoms with Crippen LogP contribution in [0.3, 0.4) is 0 Å². The Morgan fingerprint density at radius 2 is 1.76 bits per heavy atom. The lowest BCUT2D eigenvalue weighted by Gasteiger charge is -2.42. The third-order valence-electron chi connectivity index (χ3n) is 8.65. The average Bonchev–Trinajstić information content (AvgIpc) is 3.52. The molecule has 3 aliphatic heterocycles. The summed E-state index contributed by atoms with van der Waals surface area (Å²) in [6.45, 7) is 14.8. The van der Waals surface area contributed by atoms with Crippen LogP contribution < -0.4 is 4.90 Å². The fraction of sp³-hybridized carbons (Fsp3) is 0.594. The number of aliphatic hydroxyl groups is 1. The van der Waals surface area contributed by atoms with Crippen molar-refractivity contribution in [1.29, 1.82) is 0 Å². The van der Waals surface area contributed by atoms with Crippen molar-refractivity contribution in [2.24, 2.45) is 11.8 Å². The minimum Gasteiger partial charge on any atom is -0.396 e. The molecule has 3 heterocycles. The molecule has 1 aromatic carbocycles. The summed E-state index contributed by atoms with van der Waals surface area (Å²) < 4.78 is 6.73. The van der Waals surface area contributed by atoms with E-state index in [4.69, 9.17) is 4.74 Å². The van der Waals surface area contributed by atoms with E-state index in [0.29, 0.717) is 38.9 Å². The Hall–Kier alpha value is -2.49. The lowest BCUT2D eigenvalue weighted by molar-refractivity contribution is -0.151. The second kappa shape index (κ2) is 12.8. The number of fused-ring (bicyclic) bond motifs is 1. The SMILES string of the molecule is C=CCN(C(=O)[C@H]1[C@@H]2OC3(CC2Br)C(C(=O)N(CC=C)C(C)(C)C)N(CCCCCCO)C(=O)[C@H]13)c1ccccc1. The van der Waals surface area contributed by atoms with Gasteiger partial charge in [-0.15, -0.1) is 13.2 Å². The molecule has 224 valence electrons. The van der Waals surface area contributed by atoms with Gasteiger partial charge in [0.1, 0.15) is 11.6 Å². The summed E-state index contributed by atoms with van der Waals surface area (Å²) in [5, 5.41) is 9.19. The summed E-state index contributed by atoms with van der Waals surface area (Å²) >= 11 is 3.77. The molecule has 3 unspecified atom stereocenters. The van der Waals surface area contributed by atoms with E-state index in [2.05, 4.69) is 29.1 Å². The maximum absolute atomic E-state index is 14.5. The Bertz CT molecular complexity index is 1140. The Labute approximate surface area is 252 Å². The number of rotatable bonds is 13. The van der Waals surface area contributed by atoms with Crippen molar-refractivity contribution >= 4 is 39.3 Å². The van der Waals surface area contributed by atoms with Gasteiger partial charge < -0.3 is 24.5 Å². The maximum atomic E-state index is 14.5. The molecule has 1 N–H and O–H groups in total. The number of aliphatic hydroxyl groups excluding tert-OH is 1. The molecule has 1 spiro atoms. The molecule has 0 radical (unpaired) electrons. The Morgan fingerprint density at radius 1 is 1.10 bits per heavy atom. The van der Waals surface area contributed by atoms with Crippen molar-refractivity contribution in [3.05, 3.63) is 55.6 Å². The normalized spacial score (nSPS) is 28.5. The van der Waals surface area contributed by atoms with Crippen LogP contribution in [0.1, 0.15) is 52.9 Å². The molecule has 2 bridgehead atoms. The van der Waals surface area contributed by atoms with Gasteiger partial charge in [0.2, 0.25) is 17.7 Å². The molecular weight excluding hydrogens is 586 g/mol. The number of carbonyl (C=O) groups is 3.